The second-order valence-corrected chi connectivity index (χ2v) is 3.19. The summed E-state index contributed by atoms with van der Waals surface area (Å²) in [4.78, 5) is 0. The van der Waals surface area contributed by atoms with Crippen molar-refractivity contribution in [3.05, 3.63) is 12.2 Å². The van der Waals surface area contributed by atoms with Gasteiger partial charge in [-0.15, -0.1) is 0 Å². The van der Waals surface area contributed by atoms with Crippen molar-refractivity contribution in [3.63, 3.8) is 0 Å². The summed E-state index contributed by atoms with van der Waals surface area (Å²) in [7, 11) is 1.91. The Morgan fingerprint density at radius 2 is 2.18 bits per heavy atom. The highest BCUT2D eigenvalue weighted by molar-refractivity contribution is 4.96. The van der Waals surface area contributed by atoms with E-state index in [0.717, 1.165) is 18.7 Å². The molecule has 0 aromatic carbocycles. The lowest BCUT2D eigenvalue weighted by Crippen LogP contribution is -2.14. The first-order chi connectivity index (χ1) is 5.16. The maximum atomic E-state index is 5.37. The molecule has 11 heavy (non-hydrogen) atoms. The van der Waals surface area contributed by atoms with Crippen LogP contribution in [0, 0.1) is 5.92 Å². The van der Waals surface area contributed by atoms with Gasteiger partial charge in [0.1, 0.15) is 0 Å². The molecule has 0 rings (SSSR count). The van der Waals surface area contributed by atoms with Gasteiger partial charge in [0.15, 0.2) is 0 Å². The van der Waals surface area contributed by atoms with Crippen LogP contribution in [0.25, 0.3) is 0 Å². The highest BCUT2D eigenvalue weighted by Crippen LogP contribution is 1.95. The van der Waals surface area contributed by atoms with E-state index in [-0.39, 0.29) is 0 Å². The van der Waals surface area contributed by atoms with E-state index in [1.54, 1.807) is 0 Å². The maximum Gasteiger partial charge on any atom is 0.0686 e. The van der Waals surface area contributed by atoms with E-state index >= 15 is 0 Å². The van der Waals surface area contributed by atoms with E-state index in [2.05, 4.69) is 25.7 Å². The van der Waals surface area contributed by atoms with Crippen LogP contribution in [0.2, 0.25) is 0 Å². The molecule has 66 valence electrons. The summed E-state index contributed by atoms with van der Waals surface area (Å²) in [6, 6.07) is 0. The van der Waals surface area contributed by atoms with E-state index in [9.17, 15) is 0 Å². The minimum Gasteiger partial charge on any atom is -0.377 e. The van der Waals surface area contributed by atoms with Gasteiger partial charge in [-0.25, -0.2) is 0 Å². The van der Waals surface area contributed by atoms with Crippen molar-refractivity contribution in [2.45, 2.75) is 13.8 Å². The van der Waals surface area contributed by atoms with Crippen molar-refractivity contribution < 1.29 is 4.74 Å². The fourth-order valence-corrected chi connectivity index (χ4v) is 0.740. The maximum absolute atomic E-state index is 5.37. The van der Waals surface area contributed by atoms with Gasteiger partial charge in [0, 0.05) is 13.2 Å². The Morgan fingerprint density at radius 1 is 1.55 bits per heavy atom. The summed E-state index contributed by atoms with van der Waals surface area (Å²) in [6.07, 6.45) is 0. The Kier molecular flexibility index (Phi) is 6.18. The standard InChI is InChI=1S/C9H19NO/c1-8(2)6-11-7-9(3)5-10-4/h8,10H,3,5-7H2,1-2,4H3. The molecule has 0 amide bonds. The molecule has 2 nitrogen and oxygen atoms in total. The van der Waals surface area contributed by atoms with Gasteiger partial charge < -0.3 is 10.1 Å². The number of ether oxygens (including phenoxy) is 1. The van der Waals surface area contributed by atoms with Crippen molar-refractivity contribution in [1.29, 1.82) is 0 Å². The lowest BCUT2D eigenvalue weighted by atomic mass is 10.2. The zero-order valence-electron chi connectivity index (χ0n) is 7.81. The van der Waals surface area contributed by atoms with Gasteiger partial charge in [-0.1, -0.05) is 20.4 Å². The number of hydrogen-bond donors (Lipinski definition) is 1. The second kappa shape index (κ2) is 6.38. The van der Waals surface area contributed by atoms with Gasteiger partial charge in [0.25, 0.3) is 0 Å². The minimum absolute atomic E-state index is 0.609. The van der Waals surface area contributed by atoms with Crippen molar-refractivity contribution in [2.24, 2.45) is 5.92 Å². The fourth-order valence-electron chi connectivity index (χ4n) is 0.740. The third-order valence-electron chi connectivity index (χ3n) is 1.18. The van der Waals surface area contributed by atoms with Crippen LogP contribution in [-0.4, -0.2) is 26.8 Å². The van der Waals surface area contributed by atoms with E-state index < -0.39 is 0 Å². The molecule has 0 saturated heterocycles. The predicted octanol–water partition coefficient (Wildman–Crippen LogP) is 1.43. The van der Waals surface area contributed by atoms with Crippen LogP contribution in [0.4, 0.5) is 0 Å². The summed E-state index contributed by atoms with van der Waals surface area (Å²) in [5.74, 6) is 0.609. The molecule has 0 radical (unpaired) electrons. The summed E-state index contributed by atoms with van der Waals surface area (Å²) in [6.45, 7) is 10.5. The molecular formula is C9H19NO. The SMILES string of the molecule is C=C(CNC)COCC(C)C. The normalized spacial score (nSPS) is 10.5. The predicted molar refractivity (Wildman–Crippen MR) is 48.7 cm³/mol. The van der Waals surface area contributed by atoms with Crippen molar-refractivity contribution in [1.82, 2.24) is 5.32 Å². The first kappa shape index (κ1) is 10.7. The van der Waals surface area contributed by atoms with Gasteiger partial charge in [0.2, 0.25) is 0 Å². The van der Waals surface area contributed by atoms with E-state index in [1.165, 1.54) is 0 Å². The van der Waals surface area contributed by atoms with E-state index in [0.29, 0.717) is 12.5 Å². The van der Waals surface area contributed by atoms with Crippen LogP contribution in [0.5, 0.6) is 0 Å². The summed E-state index contributed by atoms with van der Waals surface area (Å²) in [5, 5.41) is 3.03. The highest BCUT2D eigenvalue weighted by Gasteiger charge is 1.95. The second-order valence-electron chi connectivity index (χ2n) is 3.19. The third kappa shape index (κ3) is 7.56. The lowest BCUT2D eigenvalue weighted by molar-refractivity contribution is 0.128. The van der Waals surface area contributed by atoms with Crippen molar-refractivity contribution >= 4 is 0 Å². The average molecular weight is 157 g/mol. The van der Waals surface area contributed by atoms with Crippen LogP contribution < -0.4 is 5.32 Å². The average Bonchev–Trinajstić information content (AvgIpc) is 1.87. The number of hydrogen-bond acceptors (Lipinski definition) is 2. The molecule has 0 atom stereocenters. The first-order valence-corrected chi connectivity index (χ1v) is 4.05. The van der Waals surface area contributed by atoms with E-state index in [1.807, 2.05) is 7.05 Å². The largest absolute Gasteiger partial charge is 0.377 e. The van der Waals surface area contributed by atoms with Gasteiger partial charge >= 0.3 is 0 Å². The molecule has 0 aliphatic carbocycles. The zero-order chi connectivity index (χ0) is 8.69. The van der Waals surface area contributed by atoms with Gasteiger partial charge in [-0.3, -0.25) is 0 Å². The summed E-state index contributed by atoms with van der Waals surface area (Å²) < 4.78 is 5.37. The molecule has 0 unspecified atom stereocenters. The van der Waals surface area contributed by atoms with Crippen LogP contribution in [0.1, 0.15) is 13.8 Å². The molecule has 1 N–H and O–H groups in total. The highest BCUT2D eigenvalue weighted by atomic mass is 16.5. The Balaban J connectivity index is 3.17. The smallest absolute Gasteiger partial charge is 0.0686 e. The molecular weight excluding hydrogens is 138 g/mol. The van der Waals surface area contributed by atoms with Gasteiger partial charge in [0.05, 0.1) is 6.61 Å². The lowest BCUT2D eigenvalue weighted by Gasteiger charge is -2.08. The quantitative estimate of drug-likeness (QED) is 0.589. The summed E-state index contributed by atoms with van der Waals surface area (Å²) in [5.41, 5.74) is 1.10. The molecule has 0 aliphatic heterocycles. The molecule has 0 fully saturated rings. The molecule has 0 saturated carbocycles. The van der Waals surface area contributed by atoms with Gasteiger partial charge in [-0.05, 0) is 18.5 Å². The third-order valence-corrected chi connectivity index (χ3v) is 1.18. The summed E-state index contributed by atoms with van der Waals surface area (Å²) >= 11 is 0. The zero-order valence-corrected chi connectivity index (χ0v) is 7.81. The molecule has 0 spiro atoms. The molecule has 0 aliphatic rings. The van der Waals surface area contributed by atoms with Crippen molar-refractivity contribution in [2.75, 3.05) is 26.8 Å². The molecule has 0 aromatic rings. The Labute approximate surface area is 69.6 Å². The van der Waals surface area contributed by atoms with Crippen LogP contribution in [0.3, 0.4) is 0 Å². The van der Waals surface area contributed by atoms with Crippen LogP contribution in [0.15, 0.2) is 12.2 Å². The first-order valence-electron chi connectivity index (χ1n) is 4.05. The number of likely N-dealkylation sites (N-methyl/N-ethyl adjacent to an activating group) is 1. The Morgan fingerprint density at radius 3 is 2.64 bits per heavy atom. The Bertz CT molecular complexity index is 110. The van der Waals surface area contributed by atoms with Crippen molar-refractivity contribution in [3.8, 4) is 0 Å². The van der Waals surface area contributed by atoms with E-state index in [4.69, 9.17) is 4.74 Å². The van der Waals surface area contributed by atoms with Crippen LogP contribution in [-0.2, 0) is 4.74 Å². The topological polar surface area (TPSA) is 21.3 Å². The molecule has 0 heterocycles. The molecule has 2 heteroatoms. The monoisotopic (exact) mass is 157 g/mol. The molecule has 0 aromatic heterocycles. The Hall–Kier alpha value is -0.340. The van der Waals surface area contributed by atoms with Gasteiger partial charge in [-0.2, -0.15) is 0 Å². The minimum atomic E-state index is 0.609. The number of rotatable bonds is 6. The molecule has 0 bridgehead atoms. The number of nitrogens with one attached hydrogen (secondary N) is 1. The van der Waals surface area contributed by atoms with Crippen LogP contribution >= 0.6 is 0 Å². The fraction of sp³-hybridized carbons (Fsp3) is 0.778.